The monoisotopic (exact) mass is 266 g/mol. The largest absolute Gasteiger partial charge is 1.00 e. The van der Waals surface area contributed by atoms with Gasteiger partial charge in [0.1, 0.15) is 0 Å². The zero-order valence-corrected chi connectivity index (χ0v) is 13.9. The fourth-order valence-electron chi connectivity index (χ4n) is 1.61. The van der Waals surface area contributed by atoms with Crippen LogP contribution in [-0.2, 0) is 10.1 Å². The summed E-state index contributed by atoms with van der Waals surface area (Å²) in [7, 11) is -4.12. The van der Waals surface area contributed by atoms with Crippen molar-refractivity contribution in [1.29, 1.82) is 0 Å². The molecule has 0 unspecified atom stereocenters. The second-order valence-corrected chi connectivity index (χ2v) is 5.97. The van der Waals surface area contributed by atoms with Crippen molar-refractivity contribution in [3.8, 4) is 0 Å². The van der Waals surface area contributed by atoms with Gasteiger partial charge in [0, 0.05) is 0 Å². The van der Waals surface area contributed by atoms with E-state index in [1.165, 1.54) is 6.07 Å². The minimum atomic E-state index is -4.12. The van der Waals surface area contributed by atoms with Crippen molar-refractivity contribution in [2.45, 2.75) is 44.4 Å². The Morgan fingerprint density at radius 1 is 1.12 bits per heavy atom. The van der Waals surface area contributed by atoms with Crippen molar-refractivity contribution in [3.05, 3.63) is 29.3 Å². The first-order valence-electron chi connectivity index (χ1n) is 5.34. The molecule has 0 atom stereocenters. The number of benzene rings is 1. The fraction of sp³-hybridized carbons (Fsp3) is 0.500. The SMILES string of the molecule is CC(C)c1ccc(S(=O)(=O)O)c(C(C)C)c1.[H-].[Na+]. The molecule has 0 heterocycles. The Morgan fingerprint density at radius 3 is 2.00 bits per heavy atom. The number of hydrogen-bond donors (Lipinski definition) is 1. The van der Waals surface area contributed by atoms with Crippen molar-refractivity contribution >= 4 is 10.1 Å². The summed E-state index contributed by atoms with van der Waals surface area (Å²) in [6, 6.07) is 5.10. The van der Waals surface area contributed by atoms with Crippen LogP contribution in [-0.4, -0.2) is 13.0 Å². The predicted molar refractivity (Wildman–Crippen MR) is 65.5 cm³/mol. The van der Waals surface area contributed by atoms with Gasteiger partial charge in [0.25, 0.3) is 10.1 Å². The first-order valence-corrected chi connectivity index (χ1v) is 6.78. The van der Waals surface area contributed by atoms with E-state index in [2.05, 4.69) is 0 Å². The van der Waals surface area contributed by atoms with Gasteiger partial charge in [0.15, 0.2) is 0 Å². The smallest absolute Gasteiger partial charge is 1.00 e. The summed E-state index contributed by atoms with van der Waals surface area (Å²) in [5.41, 5.74) is 1.75. The molecule has 0 saturated carbocycles. The molecular weight excluding hydrogens is 247 g/mol. The zero-order chi connectivity index (χ0) is 12.5. The predicted octanol–water partition coefficient (Wildman–Crippen LogP) is 0.297. The molecule has 0 spiro atoms. The minimum absolute atomic E-state index is 0. The first kappa shape index (κ1) is 17.1. The van der Waals surface area contributed by atoms with Crippen molar-refractivity contribution in [2.24, 2.45) is 0 Å². The maximum absolute atomic E-state index is 11.2. The Hall–Kier alpha value is 0.130. The van der Waals surface area contributed by atoms with Gasteiger partial charge in [-0.25, -0.2) is 0 Å². The van der Waals surface area contributed by atoms with Crippen LogP contribution in [0.25, 0.3) is 0 Å². The molecule has 1 aromatic rings. The Balaban J connectivity index is 0. The Morgan fingerprint density at radius 2 is 1.65 bits per heavy atom. The normalized spacial score (nSPS) is 11.7. The van der Waals surface area contributed by atoms with Gasteiger partial charge in [-0.05, 0) is 29.0 Å². The molecule has 0 amide bonds. The summed E-state index contributed by atoms with van der Waals surface area (Å²) in [5.74, 6) is 0.406. The molecule has 1 rings (SSSR count). The number of hydrogen-bond acceptors (Lipinski definition) is 2. The fourth-order valence-corrected chi connectivity index (χ4v) is 2.44. The molecule has 0 saturated heterocycles. The zero-order valence-electron chi connectivity index (χ0n) is 12.1. The van der Waals surface area contributed by atoms with E-state index >= 15 is 0 Å². The van der Waals surface area contributed by atoms with Gasteiger partial charge < -0.3 is 1.43 Å². The Bertz CT molecular complexity index is 484. The summed E-state index contributed by atoms with van der Waals surface area (Å²) >= 11 is 0. The van der Waals surface area contributed by atoms with Crippen LogP contribution in [0, 0.1) is 0 Å². The molecule has 0 bridgehead atoms. The molecule has 92 valence electrons. The molecule has 0 radical (unpaired) electrons. The van der Waals surface area contributed by atoms with Crippen LogP contribution < -0.4 is 29.6 Å². The van der Waals surface area contributed by atoms with Crippen LogP contribution in [0.3, 0.4) is 0 Å². The van der Waals surface area contributed by atoms with E-state index in [1.807, 2.05) is 33.8 Å². The van der Waals surface area contributed by atoms with Gasteiger partial charge in [-0.1, -0.05) is 39.8 Å². The van der Waals surface area contributed by atoms with Crippen LogP contribution in [0.1, 0.15) is 52.1 Å². The third-order valence-electron chi connectivity index (χ3n) is 2.60. The minimum Gasteiger partial charge on any atom is -1.00 e. The third-order valence-corrected chi connectivity index (χ3v) is 3.53. The van der Waals surface area contributed by atoms with E-state index in [0.717, 1.165) is 5.56 Å². The topological polar surface area (TPSA) is 54.4 Å². The van der Waals surface area contributed by atoms with Crippen LogP contribution in [0.2, 0.25) is 0 Å². The summed E-state index contributed by atoms with van der Waals surface area (Å²) in [5, 5.41) is 0. The molecule has 0 aliphatic rings. The van der Waals surface area contributed by atoms with Gasteiger partial charge in [-0.2, -0.15) is 8.42 Å². The van der Waals surface area contributed by atoms with E-state index < -0.39 is 10.1 Å². The van der Waals surface area contributed by atoms with Crippen LogP contribution in [0.5, 0.6) is 0 Å². The summed E-state index contributed by atoms with van der Waals surface area (Å²) in [6.45, 7) is 7.92. The van der Waals surface area contributed by atoms with Crippen molar-refractivity contribution in [2.75, 3.05) is 0 Å². The van der Waals surface area contributed by atoms with Crippen molar-refractivity contribution in [3.63, 3.8) is 0 Å². The first-order chi connectivity index (χ1) is 7.23. The van der Waals surface area contributed by atoms with E-state index in [-0.39, 0.29) is 41.8 Å². The Kier molecular flexibility index (Phi) is 6.39. The van der Waals surface area contributed by atoms with Gasteiger partial charge in [0.05, 0.1) is 4.90 Å². The molecule has 17 heavy (non-hydrogen) atoms. The van der Waals surface area contributed by atoms with Crippen molar-refractivity contribution < 1.29 is 44.0 Å². The maximum atomic E-state index is 11.2. The molecule has 1 aromatic carbocycles. The van der Waals surface area contributed by atoms with Gasteiger partial charge >= 0.3 is 29.6 Å². The van der Waals surface area contributed by atoms with E-state index in [4.69, 9.17) is 4.55 Å². The van der Waals surface area contributed by atoms with Gasteiger partial charge in [-0.15, -0.1) is 0 Å². The van der Waals surface area contributed by atoms with Crippen LogP contribution in [0.15, 0.2) is 23.1 Å². The van der Waals surface area contributed by atoms with E-state index in [0.29, 0.717) is 11.5 Å². The molecule has 1 N–H and O–H groups in total. The Labute approximate surface area is 127 Å². The quantitative estimate of drug-likeness (QED) is 0.632. The average Bonchev–Trinajstić information content (AvgIpc) is 2.15. The molecule has 3 nitrogen and oxygen atoms in total. The maximum Gasteiger partial charge on any atom is 1.00 e. The molecular formula is C12H19NaO3S. The van der Waals surface area contributed by atoms with Crippen molar-refractivity contribution in [1.82, 2.24) is 0 Å². The molecule has 0 fully saturated rings. The second-order valence-electron chi connectivity index (χ2n) is 4.58. The van der Waals surface area contributed by atoms with Crippen LogP contribution >= 0.6 is 0 Å². The third kappa shape index (κ3) is 4.38. The molecule has 0 aliphatic heterocycles. The average molecular weight is 266 g/mol. The number of rotatable bonds is 3. The second kappa shape index (κ2) is 6.34. The summed E-state index contributed by atoms with van der Waals surface area (Å²) in [4.78, 5) is 0.0203. The summed E-state index contributed by atoms with van der Waals surface area (Å²) in [6.07, 6.45) is 0. The van der Waals surface area contributed by atoms with Gasteiger partial charge in [0.2, 0.25) is 0 Å². The molecule has 0 aliphatic carbocycles. The standard InChI is InChI=1S/C12H18O3S.Na.H/c1-8(2)10-5-6-12(16(13,14)15)11(7-10)9(3)4;;/h5-9H,1-4H3,(H,13,14,15);;/q;+1;-1. The van der Waals surface area contributed by atoms with Gasteiger partial charge in [-0.3, -0.25) is 4.55 Å². The van der Waals surface area contributed by atoms with E-state index in [1.54, 1.807) is 6.07 Å². The summed E-state index contributed by atoms with van der Waals surface area (Å²) < 4.78 is 31.5. The molecule has 0 aromatic heterocycles. The molecule has 5 heteroatoms. The van der Waals surface area contributed by atoms with E-state index in [9.17, 15) is 8.42 Å². The van der Waals surface area contributed by atoms with Crippen LogP contribution in [0.4, 0.5) is 0 Å².